The Morgan fingerprint density at radius 3 is 2.87 bits per heavy atom. The van der Waals surface area contributed by atoms with Crippen LogP contribution in [0, 0.1) is 0 Å². The predicted molar refractivity (Wildman–Crippen MR) is 60.3 cm³/mol. The maximum absolute atomic E-state index is 10.9. The van der Waals surface area contributed by atoms with Crippen molar-refractivity contribution in [3.8, 4) is 0 Å². The molecule has 2 N–H and O–H groups in total. The van der Waals surface area contributed by atoms with Crippen LogP contribution in [0.15, 0.2) is 5.16 Å². The Morgan fingerprint density at radius 2 is 2.33 bits per heavy atom. The number of oxime groups is 1. The van der Waals surface area contributed by atoms with Gasteiger partial charge in [0, 0.05) is 12.6 Å². The van der Waals surface area contributed by atoms with E-state index < -0.39 is 0 Å². The molecule has 1 unspecified atom stereocenters. The first kappa shape index (κ1) is 13.9. The lowest BCUT2D eigenvalue weighted by atomic mass is 10.2. The third kappa shape index (κ3) is 6.90. The summed E-state index contributed by atoms with van der Waals surface area (Å²) >= 11 is 0. The van der Waals surface area contributed by atoms with Gasteiger partial charge in [0.2, 0.25) is 0 Å². The summed E-state index contributed by atoms with van der Waals surface area (Å²) in [7, 11) is 2.03. The molecule has 0 aromatic carbocycles. The van der Waals surface area contributed by atoms with Crippen molar-refractivity contribution in [1.29, 1.82) is 0 Å². The summed E-state index contributed by atoms with van der Waals surface area (Å²) in [5.41, 5.74) is 0. The summed E-state index contributed by atoms with van der Waals surface area (Å²) in [6, 6.07) is 0.285. The number of carbonyl (C=O) groups is 1. The molecule has 1 amide bonds. The van der Waals surface area contributed by atoms with Crippen molar-refractivity contribution in [3.05, 3.63) is 0 Å². The van der Waals surface area contributed by atoms with E-state index in [1.165, 1.54) is 6.42 Å². The minimum absolute atomic E-state index is 0.285. The van der Waals surface area contributed by atoms with Gasteiger partial charge in [-0.1, -0.05) is 18.5 Å². The number of nitrogens with zero attached hydrogens (tertiary/aromatic N) is 2. The quantitative estimate of drug-likeness (QED) is 0.373. The number of hydrogen-bond acceptors (Lipinski definition) is 4. The molecule has 88 valence electrons. The van der Waals surface area contributed by atoms with Crippen molar-refractivity contribution in [3.63, 3.8) is 0 Å². The highest BCUT2D eigenvalue weighted by molar-refractivity contribution is 6.25. The van der Waals surface area contributed by atoms with Crippen LogP contribution in [0.2, 0.25) is 0 Å². The number of nitrogens with one attached hydrogen (secondary N) is 1. The molecule has 0 aromatic rings. The van der Waals surface area contributed by atoms with Gasteiger partial charge in [0.05, 0.1) is 0 Å². The standard InChI is InChI=1S/C10H21N3O2/c1-4-5-6-13(3)9(2)7-11-10(14)8-12-15/h8-9,15H,4-7H2,1-3H3,(H,11,14)/b12-8+. The Kier molecular flexibility index (Phi) is 7.62. The van der Waals surface area contributed by atoms with Gasteiger partial charge in [0.1, 0.15) is 6.21 Å². The van der Waals surface area contributed by atoms with Gasteiger partial charge in [0.15, 0.2) is 0 Å². The van der Waals surface area contributed by atoms with E-state index in [-0.39, 0.29) is 11.9 Å². The fourth-order valence-corrected chi connectivity index (χ4v) is 1.13. The summed E-state index contributed by atoms with van der Waals surface area (Å²) in [5, 5.41) is 13.4. The van der Waals surface area contributed by atoms with Gasteiger partial charge in [-0.2, -0.15) is 0 Å². The van der Waals surface area contributed by atoms with Gasteiger partial charge < -0.3 is 15.4 Å². The summed E-state index contributed by atoms with van der Waals surface area (Å²) < 4.78 is 0. The zero-order valence-electron chi connectivity index (χ0n) is 9.73. The Labute approximate surface area is 91.1 Å². The number of rotatable bonds is 7. The first-order valence-corrected chi connectivity index (χ1v) is 5.27. The Morgan fingerprint density at radius 1 is 1.67 bits per heavy atom. The molecule has 0 saturated carbocycles. The van der Waals surface area contributed by atoms with Gasteiger partial charge >= 0.3 is 0 Å². The molecule has 0 saturated heterocycles. The lowest BCUT2D eigenvalue weighted by Gasteiger charge is -2.24. The molecule has 5 heteroatoms. The van der Waals surface area contributed by atoms with E-state index in [2.05, 4.69) is 22.3 Å². The molecule has 0 fully saturated rings. The van der Waals surface area contributed by atoms with Crippen LogP contribution in [0.1, 0.15) is 26.7 Å². The van der Waals surface area contributed by atoms with Crippen molar-refractivity contribution in [2.75, 3.05) is 20.1 Å². The average Bonchev–Trinajstić information content (AvgIpc) is 2.22. The molecule has 0 heterocycles. The van der Waals surface area contributed by atoms with Gasteiger partial charge in [-0.3, -0.25) is 4.79 Å². The summed E-state index contributed by atoms with van der Waals surface area (Å²) in [6.45, 7) is 5.79. The lowest BCUT2D eigenvalue weighted by molar-refractivity contribution is -0.114. The summed E-state index contributed by atoms with van der Waals surface area (Å²) in [4.78, 5) is 13.1. The van der Waals surface area contributed by atoms with Crippen LogP contribution >= 0.6 is 0 Å². The number of likely N-dealkylation sites (N-methyl/N-ethyl adjacent to an activating group) is 1. The third-order valence-corrected chi connectivity index (χ3v) is 2.36. The van der Waals surface area contributed by atoms with E-state index in [4.69, 9.17) is 5.21 Å². The lowest BCUT2D eigenvalue weighted by Crippen LogP contribution is -2.40. The van der Waals surface area contributed by atoms with Gasteiger partial charge in [-0.05, 0) is 26.9 Å². The minimum Gasteiger partial charge on any atom is -0.411 e. The minimum atomic E-state index is -0.367. The maximum atomic E-state index is 10.9. The van der Waals surface area contributed by atoms with Crippen molar-refractivity contribution in [2.45, 2.75) is 32.7 Å². The number of unbranched alkanes of at least 4 members (excludes halogenated alkanes) is 1. The van der Waals surface area contributed by atoms with Crippen LogP contribution in [0.4, 0.5) is 0 Å². The Hall–Kier alpha value is -1.10. The molecule has 0 radical (unpaired) electrons. The van der Waals surface area contributed by atoms with E-state index in [1.54, 1.807) is 0 Å². The molecular formula is C10H21N3O2. The molecule has 0 rings (SSSR count). The van der Waals surface area contributed by atoms with E-state index in [0.29, 0.717) is 6.54 Å². The smallest absolute Gasteiger partial charge is 0.265 e. The average molecular weight is 215 g/mol. The van der Waals surface area contributed by atoms with Crippen LogP contribution in [-0.4, -0.2) is 48.4 Å². The highest BCUT2D eigenvalue weighted by Crippen LogP contribution is 1.97. The summed E-state index contributed by atoms with van der Waals surface area (Å²) in [5.74, 6) is -0.367. The van der Waals surface area contributed by atoms with Crippen molar-refractivity contribution in [2.24, 2.45) is 5.16 Å². The fourth-order valence-electron chi connectivity index (χ4n) is 1.13. The second kappa shape index (κ2) is 8.23. The van der Waals surface area contributed by atoms with Crippen LogP contribution in [0.25, 0.3) is 0 Å². The molecule has 0 spiro atoms. The zero-order valence-corrected chi connectivity index (χ0v) is 9.73. The van der Waals surface area contributed by atoms with Crippen LogP contribution in [0.3, 0.4) is 0 Å². The molecule has 5 nitrogen and oxygen atoms in total. The molecule has 0 bridgehead atoms. The largest absolute Gasteiger partial charge is 0.411 e. The molecule has 0 aliphatic rings. The van der Waals surface area contributed by atoms with Crippen molar-refractivity contribution in [1.82, 2.24) is 10.2 Å². The number of carbonyl (C=O) groups excluding carboxylic acids is 1. The highest BCUT2D eigenvalue weighted by Gasteiger charge is 2.08. The third-order valence-electron chi connectivity index (χ3n) is 2.36. The monoisotopic (exact) mass is 215 g/mol. The predicted octanol–water partition coefficient (Wildman–Crippen LogP) is 0.683. The number of hydrogen-bond donors (Lipinski definition) is 2. The fraction of sp³-hybridized carbons (Fsp3) is 0.800. The molecule has 0 aliphatic carbocycles. The summed E-state index contributed by atoms with van der Waals surface area (Å²) in [6.07, 6.45) is 3.19. The second-order valence-corrected chi connectivity index (χ2v) is 3.67. The molecule has 0 aliphatic heterocycles. The van der Waals surface area contributed by atoms with E-state index in [0.717, 1.165) is 19.2 Å². The van der Waals surface area contributed by atoms with Gasteiger partial charge in [-0.25, -0.2) is 0 Å². The second-order valence-electron chi connectivity index (χ2n) is 3.67. The van der Waals surface area contributed by atoms with E-state index in [1.807, 2.05) is 14.0 Å². The van der Waals surface area contributed by atoms with Crippen LogP contribution in [-0.2, 0) is 4.79 Å². The first-order valence-electron chi connectivity index (χ1n) is 5.27. The SMILES string of the molecule is CCCCN(C)C(C)CNC(=O)/C=N/O. The van der Waals surface area contributed by atoms with Crippen LogP contribution < -0.4 is 5.32 Å². The highest BCUT2D eigenvalue weighted by atomic mass is 16.4. The Bertz CT molecular complexity index is 207. The molecule has 0 aromatic heterocycles. The normalized spacial score (nSPS) is 13.3. The maximum Gasteiger partial charge on any atom is 0.265 e. The Balaban J connectivity index is 3.72. The van der Waals surface area contributed by atoms with Crippen molar-refractivity contribution >= 4 is 12.1 Å². The molecule has 1 atom stereocenters. The molecule has 15 heavy (non-hydrogen) atoms. The number of amides is 1. The van der Waals surface area contributed by atoms with Crippen LogP contribution in [0.5, 0.6) is 0 Å². The van der Waals surface area contributed by atoms with E-state index >= 15 is 0 Å². The van der Waals surface area contributed by atoms with Crippen molar-refractivity contribution < 1.29 is 10.0 Å². The topological polar surface area (TPSA) is 64.9 Å². The first-order chi connectivity index (χ1) is 7.11. The zero-order chi connectivity index (χ0) is 11.7. The van der Waals surface area contributed by atoms with E-state index in [9.17, 15) is 4.79 Å². The van der Waals surface area contributed by atoms with Gasteiger partial charge in [-0.15, -0.1) is 0 Å². The van der Waals surface area contributed by atoms with Gasteiger partial charge in [0.25, 0.3) is 5.91 Å². The molecular weight excluding hydrogens is 194 g/mol.